The Labute approximate surface area is 123 Å². The van der Waals surface area contributed by atoms with Crippen molar-refractivity contribution in [3.63, 3.8) is 0 Å². The summed E-state index contributed by atoms with van der Waals surface area (Å²) >= 11 is 6.00. The number of rotatable bonds is 5. The van der Waals surface area contributed by atoms with Gasteiger partial charge in [-0.1, -0.05) is 18.5 Å². The molecule has 0 heterocycles. The lowest BCUT2D eigenvalue weighted by Crippen LogP contribution is -2.39. The minimum absolute atomic E-state index is 0.0898. The molecule has 0 fully saturated rings. The molecule has 0 aliphatic heterocycles. The summed E-state index contributed by atoms with van der Waals surface area (Å²) in [7, 11) is -2.42. The fourth-order valence-corrected chi connectivity index (χ4v) is 3.61. The molecule has 0 radical (unpaired) electrons. The van der Waals surface area contributed by atoms with Crippen molar-refractivity contribution in [2.24, 2.45) is 0 Å². The summed E-state index contributed by atoms with van der Waals surface area (Å²) in [4.78, 5) is 11.3. The van der Waals surface area contributed by atoms with Crippen LogP contribution in [0.4, 0.5) is 5.69 Å². The van der Waals surface area contributed by atoms with Gasteiger partial charge in [-0.15, -0.1) is 0 Å². The number of aryl methyl sites for hydroxylation is 1. The third kappa shape index (κ3) is 3.41. The van der Waals surface area contributed by atoms with Gasteiger partial charge in [-0.05, 0) is 24.6 Å². The summed E-state index contributed by atoms with van der Waals surface area (Å²) in [6.07, 6.45) is 0. The van der Waals surface area contributed by atoms with Crippen molar-refractivity contribution in [3.05, 3.63) is 22.7 Å². The third-order valence-electron chi connectivity index (χ3n) is 2.89. The molecule has 1 aromatic rings. The standard InChI is InChI=1S/C12H18ClN3O3S/c1-4-16(7-12(17)15-3)20(18,19)11-6-10(14)8(2)5-9(11)13/h5-6H,4,7,14H2,1-3H3,(H,15,17). The van der Waals surface area contributed by atoms with E-state index in [4.69, 9.17) is 17.3 Å². The number of nitrogens with two attached hydrogens (primary N) is 1. The highest BCUT2D eigenvalue weighted by molar-refractivity contribution is 7.89. The number of halogens is 1. The molecule has 0 saturated carbocycles. The second kappa shape index (κ2) is 6.43. The highest BCUT2D eigenvalue weighted by Gasteiger charge is 2.27. The van der Waals surface area contributed by atoms with Crippen molar-refractivity contribution < 1.29 is 13.2 Å². The second-order valence-electron chi connectivity index (χ2n) is 4.24. The number of hydrogen-bond acceptors (Lipinski definition) is 4. The van der Waals surface area contributed by atoms with Gasteiger partial charge in [0.15, 0.2) is 0 Å². The molecule has 1 amide bonds. The topological polar surface area (TPSA) is 92.5 Å². The van der Waals surface area contributed by atoms with Gasteiger partial charge in [0.25, 0.3) is 0 Å². The average Bonchev–Trinajstić information content (AvgIpc) is 2.39. The molecule has 0 aliphatic carbocycles. The van der Waals surface area contributed by atoms with Gasteiger partial charge < -0.3 is 11.1 Å². The molecular weight excluding hydrogens is 302 g/mol. The number of nitrogen functional groups attached to an aromatic ring is 1. The normalized spacial score (nSPS) is 11.7. The molecule has 0 aromatic heterocycles. The lowest BCUT2D eigenvalue weighted by molar-refractivity contribution is -0.120. The third-order valence-corrected chi connectivity index (χ3v) is 5.28. The highest BCUT2D eigenvalue weighted by atomic mass is 35.5. The molecule has 0 bridgehead atoms. The molecule has 0 unspecified atom stereocenters. The molecule has 112 valence electrons. The van der Waals surface area contributed by atoms with Crippen molar-refractivity contribution in [2.45, 2.75) is 18.7 Å². The zero-order valence-corrected chi connectivity index (χ0v) is 13.2. The van der Waals surface area contributed by atoms with E-state index in [-0.39, 0.29) is 23.0 Å². The Morgan fingerprint density at radius 3 is 2.55 bits per heavy atom. The number of likely N-dealkylation sites (N-methyl/N-ethyl adjacent to an activating group) is 2. The Kier molecular flexibility index (Phi) is 5.38. The fourth-order valence-electron chi connectivity index (χ4n) is 1.61. The van der Waals surface area contributed by atoms with E-state index in [9.17, 15) is 13.2 Å². The first-order chi connectivity index (χ1) is 9.23. The number of hydrogen-bond donors (Lipinski definition) is 2. The van der Waals surface area contributed by atoms with Crippen molar-refractivity contribution in [3.8, 4) is 0 Å². The van der Waals surface area contributed by atoms with Crippen LogP contribution in [0.15, 0.2) is 17.0 Å². The molecule has 0 aliphatic rings. The van der Waals surface area contributed by atoms with Gasteiger partial charge in [-0.2, -0.15) is 4.31 Å². The van der Waals surface area contributed by atoms with Crippen LogP contribution in [0.2, 0.25) is 5.02 Å². The molecule has 1 rings (SSSR count). The number of carbonyl (C=O) groups excluding carboxylic acids is 1. The first-order valence-electron chi connectivity index (χ1n) is 6.00. The molecule has 0 atom stereocenters. The summed E-state index contributed by atoms with van der Waals surface area (Å²) in [5.74, 6) is -0.397. The fraction of sp³-hybridized carbons (Fsp3) is 0.417. The molecule has 0 saturated heterocycles. The van der Waals surface area contributed by atoms with Gasteiger partial charge in [0.1, 0.15) is 4.90 Å². The summed E-state index contributed by atoms with van der Waals surface area (Å²) in [6.45, 7) is 3.27. The van der Waals surface area contributed by atoms with Crippen LogP contribution >= 0.6 is 11.6 Å². The zero-order valence-electron chi connectivity index (χ0n) is 11.6. The first kappa shape index (κ1) is 16.7. The van der Waals surface area contributed by atoms with Gasteiger partial charge in [0, 0.05) is 19.3 Å². The number of nitrogens with zero attached hydrogens (tertiary/aromatic N) is 1. The summed E-state index contributed by atoms with van der Waals surface area (Å²) in [6, 6.07) is 2.82. The first-order valence-corrected chi connectivity index (χ1v) is 7.82. The SMILES string of the molecule is CCN(CC(=O)NC)S(=O)(=O)c1cc(N)c(C)cc1Cl. The molecule has 6 nitrogen and oxygen atoms in total. The average molecular weight is 320 g/mol. The maximum atomic E-state index is 12.5. The molecule has 0 spiro atoms. The van der Waals surface area contributed by atoms with Gasteiger partial charge in [0.2, 0.25) is 15.9 Å². The van der Waals surface area contributed by atoms with E-state index in [1.807, 2.05) is 0 Å². The van der Waals surface area contributed by atoms with Gasteiger partial charge in [0.05, 0.1) is 11.6 Å². The number of benzene rings is 1. The van der Waals surface area contributed by atoms with Crippen LogP contribution in [0, 0.1) is 6.92 Å². The number of carbonyl (C=O) groups is 1. The van der Waals surface area contributed by atoms with E-state index in [2.05, 4.69) is 5.32 Å². The summed E-state index contributed by atoms with van der Waals surface area (Å²) in [5, 5.41) is 2.48. The van der Waals surface area contributed by atoms with E-state index in [1.54, 1.807) is 13.8 Å². The summed E-state index contributed by atoms with van der Waals surface area (Å²) in [5.41, 5.74) is 6.77. The minimum Gasteiger partial charge on any atom is -0.398 e. The number of amides is 1. The van der Waals surface area contributed by atoms with Gasteiger partial charge in [-0.25, -0.2) is 8.42 Å². The van der Waals surface area contributed by atoms with Gasteiger partial charge in [-0.3, -0.25) is 4.79 Å². The van der Waals surface area contributed by atoms with Crippen LogP contribution in [-0.2, 0) is 14.8 Å². The molecule has 3 N–H and O–H groups in total. The Morgan fingerprint density at radius 1 is 1.45 bits per heavy atom. The van der Waals surface area contributed by atoms with Gasteiger partial charge >= 0.3 is 0 Å². The van der Waals surface area contributed by atoms with Crippen LogP contribution < -0.4 is 11.1 Å². The quantitative estimate of drug-likeness (QED) is 0.791. The van der Waals surface area contributed by atoms with Crippen molar-refractivity contribution in [2.75, 3.05) is 25.9 Å². The van der Waals surface area contributed by atoms with Crippen LogP contribution in [0.1, 0.15) is 12.5 Å². The van der Waals surface area contributed by atoms with Crippen molar-refractivity contribution in [1.82, 2.24) is 9.62 Å². The molecule has 20 heavy (non-hydrogen) atoms. The maximum absolute atomic E-state index is 12.5. The van der Waals surface area contributed by atoms with Crippen LogP contribution in [-0.4, -0.2) is 38.8 Å². The highest BCUT2D eigenvalue weighted by Crippen LogP contribution is 2.29. The molecule has 8 heteroatoms. The predicted molar refractivity (Wildman–Crippen MR) is 79.1 cm³/mol. The Balaban J connectivity index is 3.27. The smallest absolute Gasteiger partial charge is 0.245 e. The van der Waals surface area contributed by atoms with Crippen molar-refractivity contribution >= 4 is 33.2 Å². The molecular formula is C12H18ClN3O3S. The van der Waals surface area contributed by atoms with Crippen LogP contribution in [0.5, 0.6) is 0 Å². The van der Waals surface area contributed by atoms with Crippen LogP contribution in [0.25, 0.3) is 0 Å². The minimum atomic E-state index is -3.87. The van der Waals surface area contributed by atoms with E-state index < -0.39 is 15.9 Å². The van der Waals surface area contributed by atoms with E-state index >= 15 is 0 Å². The van der Waals surface area contributed by atoms with Crippen molar-refractivity contribution in [1.29, 1.82) is 0 Å². The van der Waals surface area contributed by atoms with E-state index in [0.717, 1.165) is 4.31 Å². The number of sulfonamides is 1. The van der Waals surface area contributed by atoms with E-state index in [1.165, 1.54) is 19.2 Å². The number of anilines is 1. The predicted octanol–water partition coefficient (Wildman–Crippen LogP) is 0.987. The number of nitrogens with one attached hydrogen (secondary N) is 1. The zero-order chi connectivity index (χ0) is 15.5. The Hall–Kier alpha value is -1.31. The monoisotopic (exact) mass is 319 g/mol. The summed E-state index contributed by atoms with van der Waals surface area (Å²) < 4.78 is 26.1. The lowest BCUT2D eigenvalue weighted by Gasteiger charge is -2.20. The lowest BCUT2D eigenvalue weighted by atomic mass is 10.2. The Morgan fingerprint density at radius 2 is 2.05 bits per heavy atom. The second-order valence-corrected chi connectivity index (χ2v) is 6.56. The maximum Gasteiger partial charge on any atom is 0.245 e. The largest absolute Gasteiger partial charge is 0.398 e. The molecule has 1 aromatic carbocycles. The Bertz CT molecular complexity index is 617. The van der Waals surface area contributed by atoms with Crippen LogP contribution in [0.3, 0.4) is 0 Å². The van der Waals surface area contributed by atoms with E-state index in [0.29, 0.717) is 11.3 Å².